The van der Waals surface area contributed by atoms with E-state index in [0.29, 0.717) is 11.5 Å². The van der Waals surface area contributed by atoms with E-state index in [-0.39, 0.29) is 30.9 Å². The van der Waals surface area contributed by atoms with Crippen molar-refractivity contribution >= 4 is 17.8 Å². The average Bonchev–Trinajstić information content (AvgIpc) is 3.00. The highest BCUT2D eigenvalue weighted by molar-refractivity contribution is 6.02. The number of nitrogens with one attached hydrogen (secondary N) is 2. The normalized spacial score (nSPS) is 14.9. The highest BCUT2D eigenvalue weighted by Gasteiger charge is 2.28. The fourth-order valence-corrected chi connectivity index (χ4v) is 3.14. The molecule has 3 rings (SSSR count). The Bertz CT molecular complexity index is 874. The number of hydrogen-bond donors (Lipinski definition) is 2. The molecule has 4 amide bonds. The topological polar surface area (TPSA) is 78.5 Å². The van der Waals surface area contributed by atoms with Gasteiger partial charge in [-0.25, -0.2) is 4.79 Å². The lowest BCUT2D eigenvalue weighted by Crippen LogP contribution is -2.30. The molecule has 1 fully saturated rings. The Hall–Kier alpha value is -3.15. The van der Waals surface area contributed by atoms with Gasteiger partial charge in [0, 0.05) is 5.56 Å². The molecule has 2 aromatic carbocycles. The summed E-state index contributed by atoms with van der Waals surface area (Å²) >= 11 is 0. The lowest BCUT2D eigenvalue weighted by Gasteiger charge is -2.16. The summed E-state index contributed by atoms with van der Waals surface area (Å²) in [5, 5.41) is 5.49. The summed E-state index contributed by atoms with van der Waals surface area (Å²) in [6, 6.07) is 14.7. The highest BCUT2D eigenvalue weighted by atomic mass is 16.2. The molecule has 1 atom stereocenters. The molecule has 0 aromatic heterocycles. The van der Waals surface area contributed by atoms with Crippen LogP contribution >= 0.6 is 0 Å². The average molecular weight is 379 g/mol. The molecule has 1 saturated heterocycles. The largest absolute Gasteiger partial charge is 0.346 e. The Balaban J connectivity index is 1.67. The van der Waals surface area contributed by atoms with Crippen molar-refractivity contribution in [2.45, 2.75) is 39.3 Å². The van der Waals surface area contributed by atoms with E-state index in [4.69, 9.17) is 0 Å². The van der Waals surface area contributed by atoms with Crippen LogP contribution in [-0.2, 0) is 11.3 Å². The quantitative estimate of drug-likeness (QED) is 0.756. The Morgan fingerprint density at radius 1 is 1.07 bits per heavy atom. The van der Waals surface area contributed by atoms with Crippen LogP contribution < -0.4 is 10.6 Å². The maximum Gasteiger partial charge on any atom is 0.324 e. The number of rotatable bonds is 6. The zero-order chi connectivity index (χ0) is 20.3. The minimum Gasteiger partial charge on any atom is -0.346 e. The van der Waals surface area contributed by atoms with Crippen LogP contribution in [0.3, 0.4) is 0 Å². The first-order valence-corrected chi connectivity index (χ1v) is 9.43. The molecule has 0 radical (unpaired) electrons. The second-order valence-electron chi connectivity index (χ2n) is 7.36. The Morgan fingerprint density at radius 2 is 1.75 bits per heavy atom. The maximum absolute atomic E-state index is 12.7. The van der Waals surface area contributed by atoms with Gasteiger partial charge in [0.25, 0.3) is 5.91 Å². The van der Waals surface area contributed by atoms with Gasteiger partial charge in [-0.2, -0.15) is 0 Å². The van der Waals surface area contributed by atoms with Crippen molar-refractivity contribution in [2.75, 3.05) is 6.54 Å². The zero-order valence-corrected chi connectivity index (χ0v) is 16.4. The molecular formula is C22H25N3O3. The summed E-state index contributed by atoms with van der Waals surface area (Å²) in [6.45, 7) is 6.41. The van der Waals surface area contributed by atoms with Crippen LogP contribution in [0, 0.1) is 0 Å². The fourth-order valence-electron chi connectivity index (χ4n) is 3.14. The van der Waals surface area contributed by atoms with Gasteiger partial charge < -0.3 is 10.6 Å². The van der Waals surface area contributed by atoms with E-state index in [1.165, 1.54) is 5.56 Å². The van der Waals surface area contributed by atoms with E-state index in [0.717, 1.165) is 16.0 Å². The van der Waals surface area contributed by atoms with Gasteiger partial charge in [-0.15, -0.1) is 0 Å². The first-order chi connectivity index (χ1) is 13.3. The van der Waals surface area contributed by atoms with E-state index >= 15 is 0 Å². The molecule has 0 bridgehead atoms. The number of carbonyl (C=O) groups is 3. The lowest BCUT2D eigenvalue weighted by atomic mass is 9.99. The molecule has 146 valence electrons. The lowest BCUT2D eigenvalue weighted by molar-refractivity contribution is -0.125. The van der Waals surface area contributed by atoms with Gasteiger partial charge in [0.1, 0.15) is 0 Å². The van der Waals surface area contributed by atoms with Crippen LogP contribution in [0.15, 0.2) is 48.5 Å². The number of hydrogen-bond acceptors (Lipinski definition) is 3. The third kappa shape index (κ3) is 4.39. The molecule has 6 heteroatoms. The molecule has 1 aliphatic rings. The standard InChI is InChI=1S/C22H25N3O3/c1-14(2)17-7-9-18(10-8-17)15(3)24-21(27)19-6-4-5-16(11-19)13-25-20(26)12-23-22(25)28/h4-11,14-15H,12-13H2,1-3H3,(H,23,28)(H,24,27). The third-order valence-corrected chi connectivity index (χ3v) is 4.92. The Labute approximate surface area is 164 Å². The first kappa shape index (κ1) is 19.6. The Morgan fingerprint density at radius 3 is 2.36 bits per heavy atom. The van der Waals surface area contributed by atoms with Crippen LogP contribution in [0.5, 0.6) is 0 Å². The predicted octanol–water partition coefficient (Wildman–Crippen LogP) is 3.35. The SMILES string of the molecule is CC(C)c1ccc(C(C)NC(=O)c2cccc(CN3C(=O)CNC3=O)c2)cc1. The number of amides is 4. The van der Waals surface area contributed by atoms with Gasteiger partial charge >= 0.3 is 6.03 Å². The van der Waals surface area contributed by atoms with E-state index in [1.807, 2.05) is 19.1 Å². The molecule has 1 unspecified atom stereocenters. The summed E-state index contributed by atoms with van der Waals surface area (Å²) < 4.78 is 0. The van der Waals surface area contributed by atoms with Gasteiger partial charge in [-0.1, -0.05) is 50.2 Å². The van der Waals surface area contributed by atoms with Gasteiger partial charge in [0.05, 0.1) is 19.1 Å². The van der Waals surface area contributed by atoms with Crippen molar-refractivity contribution < 1.29 is 14.4 Å². The van der Waals surface area contributed by atoms with Crippen LogP contribution in [0.4, 0.5) is 4.79 Å². The first-order valence-electron chi connectivity index (χ1n) is 9.43. The number of benzene rings is 2. The smallest absolute Gasteiger partial charge is 0.324 e. The van der Waals surface area contributed by atoms with Gasteiger partial charge in [-0.05, 0) is 41.7 Å². The van der Waals surface area contributed by atoms with Crippen LogP contribution in [0.25, 0.3) is 0 Å². The molecule has 1 aliphatic heterocycles. The second kappa shape index (κ2) is 8.25. The molecular weight excluding hydrogens is 354 g/mol. The summed E-state index contributed by atoms with van der Waals surface area (Å²) in [7, 11) is 0. The number of nitrogens with zero attached hydrogens (tertiary/aromatic N) is 1. The zero-order valence-electron chi connectivity index (χ0n) is 16.4. The molecule has 28 heavy (non-hydrogen) atoms. The minimum atomic E-state index is -0.404. The van der Waals surface area contributed by atoms with E-state index in [9.17, 15) is 14.4 Å². The Kier molecular flexibility index (Phi) is 5.78. The summed E-state index contributed by atoms with van der Waals surface area (Å²) in [6.07, 6.45) is 0. The molecule has 2 aromatic rings. The van der Waals surface area contributed by atoms with E-state index in [2.05, 4.69) is 36.6 Å². The summed E-state index contributed by atoms with van der Waals surface area (Å²) in [5.74, 6) is 0.00376. The molecule has 1 heterocycles. The van der Waals surface area contributed by atoms with Gasteiger partial charge in [0.15, 0.2) is 0 Å². The molecule has 0 spiro atoms. The predicted molar refractivity (Wildman–Crippen MR) is 107 cm³/mol. The molecule has 6 nitrogen and oxygen atoms in total. The van der Waals surface area contributed by atoms with Crippen molar-refractivity contribution in [3.63, 3.8) is 0 Å². The van der Waals surface area contributed by atoms with Crippen molar-refractivity contribution in [1.82, 2.24) is 15.5 Å². The highest BCUT2D eigenvalue weighted by Crippen LogP contribution is 2.19. The van der Waals surface area contributed by atoms with Crippen molar-refractivity contribution in [2.24, 2.45) is 0 Å². The number of carbonyl (C=O) groups excluding carboxylic acids is 3. The minimum absolute atomic E-state index is 0.0200. The van der Waals surface area contributed by atoms with E-state index < -0.39 is 6.03 Å². The maximum atomic E-state index is 12.7. The summed E-state index contributed by atoms with van der Waals surface area (Å²) in [4.78, 5) is 37.2. The third-order valence-electron chi connectivity index (χ3n) is 4.92. The van der Waals surface area contributed by atoms with Crippen molar-refractivity contribution in [3.8, 4) is 0 Å². The fraction of sp³-hybridized carbons (Fsp3) is 0.318. The van der Waals surface area contributed by atoms with Crippen molar-refractivity contribution in [3.05, 3.63) is 70.8 Å². The monoisotopic (exact) mass is 379 g/mol. The molecule has 2 N–H and O–H groups in total. The molecule has 0 saturated carbocycles. The van der Waals surface area contributed by atoms with Crippen LogP contribution in [-0.4, -0.2) is 29.3 Å². The van der Waals surface area contributed by atoms with Crippen LogP contribution in [0.1, 0.15) is 59.8 Å². The van der Waals surface area contributed by atoms with Crippen LogP contribution in [0.2, 0.25) is 0 Å². The van der Waals surface area contributed by atoms with Crippen molar-refractivity contribution in [1.29, 1.82) is 0 Å². The van der Waals surface area contributed by atoms with Gasteiger partial charge in [0.2, 0.25) is 5.91 Å². The number of urea groups is 1. The summed E-state index contributed by atoms with van der Waals surface area (Å²) in [5.41, 5.74) is 3.52. The second-order valence-corrected chi connectivity index (χ2v) is 7.36. The van der Waals surface area contributed by atoms with E-state index in [1.54, 1.807) is 24.3 Å². The van der Waals surface area contributed by atoms with Gasteiger partial charge in [-0.3, -0.25) is 14.5 Å². The molecule has 0 aliphatic carbocycles. The number of imide groups is 1.